The molecule has 3 nitrogen and oxygen atoms in total. The number of halogens is 1. The van der Waals surface area contributed by atoms with E-state index in [-0.39, 0.29) is 11.7 Å². The summed E-state index contributed by atoms with van der Waals surface area (Å²) in [5, 5.41) is 0. The van der Waals surface area contributed by atoms with Crippen LogP contribution in [0, 0.1) is 5.82 Å². The molecule has 0 aliphatic carbocycles. The van der Waals surface area contributed by atoms with E-state index in [1.54, 1.807) is 55.6 Å². The second kappa shape index (κ2) is 6.96. The quantitative estimate of drug-likeness (QED) is 0.690. The minimum absolute atomic E-state index is 0.216. The molecule has 4 heteroatoms. The van der Waals surface area contributed by atoms with Crippen molar-refractivity contribution in [3.8, 4) is 5.75 Å². The maximum Gasteiger partial charge on any atom is 0.262 e. The SMILES string of the molecule is COc1ccccc1N(C(=O)c1ccccc1)c1ccc(F)cc1. The lowest BCUT2D eigenvalue weighted by Crippen LogP contribution is -2.26. The molecule has 3 aromatic rings. The van der Waals surface area contributed by atoms with Gasteiger partial charge in [0.05, 0.1) is 12.8 Å². The highest BCUT2D eigenvalue weighted by Gasteiger charge is 2.22. The van der Waals surface area contributed by atoms with Crippen molar-refractivity contribution in [2.45, 2.75) is 0 Å². The molecule has 0 fully saturated rings. The first-order valence-electron chi connectivity index (χ1n) is 7.49. The number of rotatable bonds is 4. The Morgan fingerprint density at radius 1 is 0.875 bits per heavy atom. The Bertz CT molecular complexity index is 832. The largest absolute Gasteiger partial charge is 0.495 e. The Kier molecular flexibility index (Phi) is 4.57. The number of methoxy groups -OCH3 is 1. The average Bonchev–Trinajstić information content (AvgIpc) is 2.64. The summed E-state index contributed by atoms with van der Waals surface area (Å²) in [5.41, 5.74) is 1.70. The van der Waals surface area contributed by atoms with E-state index < -0.39 is 0 Å². The van der Waals surface area contributed by atoms with Crippen LogP contribution >= 0.6 is 0 Å². The van der Waals surface area contributed by atoms with E-state index in [0.717, 1.165) is 0 Å². The summed E-state index contributed by atoms with van der Waals surface area (Å²) in [6, 6.07) is 22.0. The Morgan fingerprint density at radius 2 is 1.50 bits per heavy atom. The van der Waals surface area contributed by atoms with Crippen LogP contribution in [0.4, 0.5) is 15.8 Å². The monoisotopic (exact) mass is 321 g/mol. The Morgan fingerprint density at radius 3 is 2.17 bits per heavy atom. The molecule has 0 bridgehead atoms. The average molecular weight is 321 g/mol. The van der Waals surface area contributed by atoms with E-state index in [0.29, 0.717) is 22.7 Å². The third-order valence-electron chi connectivity index (χ3n) is 3.63. The normalized spacial score (nSPS) is 10.2. The molecule has 3 rings (SSSR count). The summed E-state index contributed by atoms with van der Waals surface area (Å²) >= 11 is 0. The summed E-state index contributed by atoms with van der Waals surface area (Å²) in [6.07, 6.45) is 0. The summed E-state index contributed by atoms with van der Waals surface area (Å²) in [4.78, 5) is 14.6. The molecule has 24 heavy (non-hydrogen) atoms. The third kappa shape index (κ3) is 3.13. The third-order valence-corrected chi connectivity index (χ3v) is 3.63. The molecule has 0 heterocycles. The van der Waals surface area contributed by atoms with Gasteiger partial charge in [-0.25, -0.2) is 4.39 Å². The molecular formula is C20H16FNO2. The van der Waals surface area contributed by atoms with Crippen LogP contribution in [0.1, 0.15) is 10.4 Å². The van der Waals surface area contributed by atoms with Crippen LogP contribution in [0.5, 0.6) is 5.75 Å². The number of anilines is 2. The van der Waals surface area contributed by atoms with Gasteiger partial charge < -0.3 is 4.74 Å². The standard InChI is InChI=1S/C20H16FNO2/c1-24-19-10-6-5-9-18(19)22(17-13-11-16(21)12-14-17)20(23)15-7-3-2-4-8-15/h2-14H,1H3. The lowest BCUT2D eigenvalue weighted by atomic mass is 10.1. The zero-order chi connectivity index (χ0) is 16.9. The van der Waals surface area contributed by atoms with Crippen LogP contribution in [0.2, 0.25) is 0 Å². The first-order valence-corrected chi connectivity index (χ1v) is 7.49. The summed E-state index contributed by atoms with van der Waals surface area (Å²) in [7, 11) is 1.55. The number of nitrogens with zero attached hydrogens (tertiary/aromatic N) is 1. The van der Waals surface area contributed by atoms with Crippen LogP contribution in [-0.2, 0) is 0 Å². The van der Waals surface area contributed by atoms with Gasteiger partial charge in [0.2, 0.25) is 0 Å². The van der Waals surface area contributed by atoms with Crippen LogP contribution in [-0.4, -0.2) is 13.0 Å². The molecular weight excluding hydrogens is 305 g/mol. The van der Waals surface area contributed by atoms with E-state index in [1.807, 2.05) is 18.2 Å². The van der Waals surface area contributed by atoms with E-state index >= 15 is 0 Å². The number of carbonyl (C=O) groups is 1. The Hall–Kier alpha value is -3.14. The van der Waals surface area contributed by atoms with Crippen molar-refractivity contribution in [1.29, 1.82) is 0 Å². The molecule has 1 amide bonds. The number of ether oxygens (including phenoxy) is 1. The van der Waals surface area contributed by atoms with Crippen LogP contribution in [0.3, 0.4) is 0 Å². The second-order valence-corrected chi connectivity index (χ2v) is 5.15. The van der Waals surface area contributed by atoms with Crippen molar-refractivity contribution in [1.82, 2.24) is 0 Å². The number of benzene rings is 3. The molecule has 0 aliphatic rings. The minimum atomic E-state index is -0.356. The van der Waals surface area contributed by atoms with Gasteiger partial charge in [-0.05, 0) is 48.5 Å². The maximum atomic E-state index is 13.3. The highest BCUT2D eigenvalue weighted by molar-refractivity contribution is 6.11. The van der Waals surface area contributed by atoms with Gasteiger partial charge in [-0.2, -0.15) is 0 Å². The lowest BCUT2D eigenvalue weighted by molar-refractivity contribution is 0.0998. The van der Waals surface area contributed by atoms with Gasteiger partial charge >= 0.3 is 0 Å². The van der Waals surface area contributed by atoms with Crippen LogP contribution in [0.25, 0.3) is 0 Å². The van der Waals surface area contributed by atoms with Gasteiger partial charge in [0.1, 0.15) is 11.6 Å². The fourth-order valence-corrected chi connectivity index (χ4v) is 2.48. The predicted molar refractivity (Wildman–Crippen MR) is 92.3 cm³/mol. The molecule has 0 saturated carbocycles. The molecule has 120 valence electrons. The molecule has 0 aliphatic heterocycles. The number of hydrogen-bond donors (Lipinski definition) is 0. The topological polar surface area (TPSA) is 29.5 Å². The van der Waals surface area contributed by atoms with Gasteiger partial charge in [-0.15, -0.1) is 0 Å². The van der Waals surface area contributed by atoms with Gasteiger partial charge in [-0.3, -0.25) is 9.69 Å². The van der Waals surface area contributed by atoms with Crippen molar-refractivity contribution in [2.75, 3.05) is 12.0 Å². The molecule has 0 saturated heterocycles. The fourth-order valence-electron chi connectivity index (χ4n) is 2.48. The van der Waals surface area contributed by atoms with Crippen molar-refractivity contribution in [3.05, 3.63) is 90.2 Å². The maximum absolute atomic E-state index is 13.3. The van der Waals surface area contributed by atoms with Gasteiger partial charge in [0.15, 0.2) is 0 Å². The number of hydrogen-bond acceptors (Lipinski definition) is 2. The highest BCUT2D eigenvalue weighted by atomic mass is 19.1. The molecule has 0 atom stereocenters. The van der Waals surface area contributed by atoms with Crippen molar-refractivity contribution < 1.29 is 13.9 Å². The molecule has 0 spiro atoms. The summed E-state index contributed by atoms with van der Waals surface area (Å²) in [6.45, 7) is 0. The Labute approximate surface area is 139 Å². The van der Waals surface area contributed by atoms with Crippen molar-refractivity contribution in [2.24, 2.45) is 0 Å². The minimum Gasteiger partial charge on any atom is -0.495 e. The number of para-hydroxylation sites is 2. The Balaban J connectivity index is 2.14. The first kappa shape index (κ1) is 15.7. The van der Waals surface area contributed by atoms with Crippen molar-refractivity contribution >= 4 is 17.3 Å². The first-order chi connectivity index (χ1) is 11.7. The molecule has 0 N–H and O–H groups in total. The predicted octanol–water partition coefficient (Wildman–Crippen LogP) is 4.81. The summed E-state index contributed by atoms with van der Waals surface area (Å²) < 4.78 is 18.7. The van der Waals surface area contributed by atoms with E-state index in [9.17, 15) is 9.18 Å². The van der Waals surface area contributed by atoms with Gasteiger partial charge in [0.25, 0.3) is 5.91 Å². The molecule has 0 aromatic heterocycles. The molecule has 3 aromatic carbocycles. The van der Waals surface area contributed by atoms with E-state index in [4.69, 9.17) is 4.74 Å². The van der Waals surface area contributed by atoms with Gasteiger partial charge in [-0.1, -0.05) is 30.3 Å². The van der Waals surface area contributed by atoms with E-state index in [1.165, 1.54) is 17.0 Å². The zero-order valence-corrected chi connectivity index (χ0v) is 13.1. The second-order valence-electron chi connectivity index (χ2n) is 5.15. The van der Waals surface area contributed by atoms with Crippen molar-refractivity contribution in [3.63, 3.8) is 0 Å². The molecule has 0 radical (unpaired) electrons. The lowest BCUT2D eigenvalue weighted by Gasteiger charge is -2.25. The van der Waals surface area contributed by atoms with Gasteiger partial charge in [0, 0.05) is 11.3 Å². The zero-order valence-electron chi connectivity index (χ0n) is 13.1. The number of carbonyl (C=O) groups excluding carboxylic acids is 1. The summed E-state index contributed by atoms with van der Waals surface area (Å²) in [5.74, 6) is -0.0105. The molecule has 0 unspecified atom stereocenters. The number of amides is 1. The van der Waals surface area contributed by atoms with Crippen LogP contribution in [0.15, 0.2) is 78.9 Å². The fraction of sp³-hybridized carbons (Fsp3) is 0.0500. The highest BCUT2D eigenvalue weighted by Crippen LogP contribution is 2.34. The smallest absolute Gasteiger partial charge is 0.262 e. The van der Waals surface area contributed by atoms with Crippen LogP contribution < -0.4 is 9.64 Å². The van der Waals surface area contributed by atoms with E-state index in [2.05, 4.69) is 0 Å².